The number of imidazole rings is 1. The van der Waals surface area contributed by atoms with Gasteiger partial charge in [-0.3, -0.25) is 0 Å². The maximum Gasteiger partial charge on any atom is 0.485 e. The van der Waals surface area contributed by atoms with Crippen LogP contribution in [0.3, 0.4) is 0 Å². The third-order valence-corrected chi connectivity index (χ3v) is 2.04. The summed E-state index contributed by atoms with van der Waals surface area (Å²) >= 11 is 0. The topological polar surface area (TPSA) is 66.0 Å². The summed E-state index contributed by atoms with van der Waals surface area (Å²) in [6.07, 6.45) is 0.193. The van der Waals surface area contributed by atoms with Gasteiger partial charge in [-0.2, -0.15) is 26.3 Å². The molecule has 19 heavy (non-hydrogen) atoms. The van der Waals surface area contributed by atoms with Crippen LogP contribution in [0.25, 0.3) is 0 Å². The van der Waals surface area contributed by atoms with Crippen molar-refractivity contribution in [1.29, 1.82) is 0 Å². The second-order valence-corrected chi connectivity index (χ2v) is 4.64. The van der Waals surface area contributed by atoms with Gasteiger partial charge in [0.2, 0.25) is 6.33 Å². The summed E-state index contributed by atoms with van der Waals surface area (Å²) in [5, 5.41) is 0. The highest BCUT2D eigenvalue weighted by Crippen LogP contribution is 2.20. The third-order valence-electron chi connectivity index (χ3n) is 1.47. The zero-order valence-electron chi connectivity index (χ0n) is 9.23. The molecule has 0 radical (unpaired) electrons. The van der Waals surface area contributed by atoms with Gasteiger partial charge in [0.1, 0.15) is 12.4 Å². The lowest BCUT2D eigenvalue weighted by Crippen LogP contribution is -2.25. The second kappa shape index (κ2) is 5.77. The molecule has 0 aromatic carbocycles. The molecule has 0 aliphatic carbocycles. The van der Waals surface area contributed by atoms with E-state index in [0.717, 1.165) is 4.57 Å². The van der Waals surface area contributed by atoms with Crippen LogP contribution in [0.15, 0.2) is 18.7 Å². The third kappa shape index (κ3) is 7.66. The Morgan fingerprint density at radius 1 is 1.21 bits per heavy atom. The number of rotatable bonds is 1. The molecule has 0 spiro atoms. The van der Waals surface area contributed by atoms with Crippen molar-refractivity contribution in [3.63, 3.8) is 0 Å². The molecular weight excluding hydrogens is 306 g/mol. The summed E-state index contributed by atoms with van der Waals surface area (Å²) in [5.74, 6) is 0. The Hall–Kier alpha value is -1.30. The average molecular weight is 314 g/mol. The molecule has 0 aliphatic heterocycles. The second-order valence-electron chi connectivity index (χ2n) is 3.27. The summed E-state index contributed by atoms with van der Waals surface area (Å²) in [4.78, 5) is 0. The van der Waals surface area contributed by atoms with Gasteiger partial charge in [0, 0.05) is 0 Å². The van der Waals surface area contributed by atoms with Crippen molar-refractivity contribution in [3.8, 4) is 0 Å². The van der Waals surface area contributed by atoms with Crippen LogP contribution in [0, 0.1) is 0 Å². The zero-order valence-corrected chi connectivity index (χ0v) is 10.1. The van der Waals surface area contributed by atoms with Crippen molar-refractivity contribution < 1.29 is 43.9 Å². The maximum atomic E-state index is 11.7. The van der Waals surface area contributed by atoms with Crippen molar-refractivity contribution >= 4 is 10.1 Å². The monoisotopic (exact) mass is 314 g/mol. The van der Waals surface area contributed by atoms with Crippen molar-refractivity contribution in [2.45, 2.75) is 18.2 Å². The predicted octanol–water partition coefficient (Wildman–Crippen LogP) is 0.926. The highest BCUT2D eigenvalue weighted by Gasteiger charge is 2.36. The molecule has 0 N–H and O–H groups in total. The Bertz CT molecular complexity index is 504. The summed E-state index contributed by atoms with van der Waals surface area (Å²) in [7, 11) is -4.42. The Morgan fingerprint density at radius 2 is 1.63 bits per heavy atom. The van der Waals surface area contributed by atoms with Gasteiger partial charge in [0.15, 0.2) is 16.7 Å². The van der Waals surface area contributed by atoms with Crippen LogP contribution in [0.1, 0.15) is 0 Å². The number of halogens is 6. The van der Waals surface area contributed by atoms with Crippen LogP contribution >= 0.6 is 0 Å². The standard InChI is InChI=1S/C6H8F3N2.CHF3O3S/c1-10-2-3-11(5-10)4-6(7,8)9;2-1(3,4)8(5,6)7/h2-3,5H,4H2,1H3;(H,5,6,7)/q+1;/p-1. The smallest absolute Gasteiger partial charge is 0.485 e. The van der Waals surface area contributed by atoms with E-state index >= 15 is 0 Å². The van der Waals surface area contributed by atoms with Crippen LogP contribution in [0.5, 0.6) is 0 Å². The first-order valence-corrected chi connectivity index (χ1v) is 5.73. The summed E-state index contributed by atoms with van der Waals surface area (Å²) in [6, 6.07) is 0. The summed E-state index contributed by atoms with van der Waals surface area (Å²) in [6.45, 7) is -0.923. The van der Waals surface area contributed by atoms with Gasteiger partial charge >= 0.3 is 11.7 Å². The number of hydrogen-bond donors (Lipinski definition) is 0. The van der Waals surface area contributed by atoms with Crippen molar-refractivity contribution in [2.24, 2.45) is 7.05 Å². The van der Waals surface area contributed by atoms with Crippen molar-refractivity contribution in [2.75, 3.05) is 0 Å². The number of nitrogens with zero attached hydrogens (tertiary/aromatic N) is 2. The summed E-state index contributed by atoms with van der Waals surface area (Å²) < 4.78 is 96.7. The van der Waals surface area contributed by atoms with Gasteiger partial charge in [-0.05, 0) is 0 Å². The zero-order chi connectivity index (χ0) is 15.5. The predicted molar refractivity (Wildman–Crippen MR) is 47.4 cm³/mol. The highest BCUT2D eigenvalue weighted by molar-refractivity contribution is 7.86. The van der Waals surface area contributed by atoms with E-state index in [0.29, 0.717) is 0 Å². The lowest BCUT2D eigenvalue weighted by molar-refractivity contribution is -0.671. The molecule has 1 aromatic rings. The van der Waals surface area contributed by atoms with Gasteiger partial charge in [-0.25, -0.2) is 17.6 Å². The molecule has 0 aliphatic rings. The van der Waals surface area contributed by atoms with E-state index in [2.05, 4.69) is 0 Å². The number of hydrogen-bond acceptors (Lipinski definition) is 3. The molecule has 1 rings (SSSR count). The van der Waals surface area contributed by atoms with Gasteiger partial charge in [-0.15, -0.1) is 0 Å². The van der Waals surface area contributed by atoms with Crippen LogP contribution in [0.4, 0.5) is 26.3 Å². The molecule has 0 amide bonds. The average Bonchev–Trinajstić information content (AvgIpc) is 2.45. The fraction of sp³-hybridized carbons (Fsp3) is 0.571. The highest BCUT2D eigenvalue weighted by atomic mass is 32.2. The molecule has 1 aromatic heterocycles. The molecule has 0 fully saturated rings. The molecule has 0 bridgehead atoms. The van der Waals surface area contributed by atoms with Gasteiger partial charge in [0.25, 0.3) is 0 Å². The normalized spacial score (nSPS) is 12.8. The Morgan fingerprint density at radius 3 is 1.84 bits per heavy atom. The Kier molecular flexibility index (Phi) is 5.38. The van der Waals surface area contributed by atoms with Crippen molar-refractivity contribution in [3.05, 3.63) is 18.7 Å². The first-order chi connectivity index (χ1) is 8.22. The van der Waals surface area contributed by atoms with Gasteiger partial charge < -0.3 is 4.55 Å². The van der Waals surface area contributed by atoms with Crippen LogP contribution in [0.2, 0.25) is 0 Å². The Balaban J connectivity index is 0.000000362. The summed E-state index contributed by atoms with van der Waals surface area (Å²) in [5.41, 5.74) is -5.65. The molecule has 0 saturated carbocycles. The minimum absolute atomic E-state index is 0.923. The SMILES string of the molecule is C[n+]1ccn(CC(F)(F)F)c1.O=S(=O)([O-])C(F)(F)F. The molecule has 5 nitrogen and oxygen atoms in total. The molecule has 0 atom stereocenters. The van der Waals surface area contributed by atoms with Gasteiger partial charge in [-0.1, -0.05) is 0 Å². The Labute approximate surface area is 103 Å². The first-order valence-electron chi connectivity index (χ1n) is 4.32. The maximum absolute atomic E-state index is 11.7. The lowest BCUT2D eigenvalue weighted by atomic mass is 10.6. The quantitative estimate of drug-likeness (QED) is 0.335. The lowest BCUT2D eigenvalue weighted by Gasteiger charge is -2.08. The van der Waals surface area contributed by atoms with E-state index in [1.807, 2.05) is 0 Å². The number of alkyl halides is 6. The van der Waals surface area contributed by atoms with Crippen LogP contribution < -0.4 is 4.57 Å². The molecule has 12 heteroatoms. The van der Waals surface area contributed by atoms with E-state index in [1.165, 1.54) is 12.5 Å². The first kappa shape index (κ1) is 17.7. The van der Waals surface area contributed by atoms with E-state index in [9.17, 15) is 26.3 Å². The fourth-order valence-electron chi connectivity index (χ4n) is 0.802. The molecule has 0 unspecified atom stereocenters. The largest absolute Gasteiger partial charge is 0.741 e. The number of aryl methyl sites for hydroxylation is 1. The van der Waals surface area contributed by atoms with E-state index in [1.54, 1.807) is 17.8 Å². The van der Waals surface area contributed by atoms with E-state index in [-0.39, 0.29) is 0 Å². The minimum atomic E-state index is -6.09. The molecular formula is C7H8F6N2O3S. The number of aromatic nitrogens is 2. The fourth-order valence-corrected chi connectivity index (χ4v) is 0.802. The molecule has 0 saturated heterocycles. The molecule has 1 heterocycles. The van der Waals surface area contributed by atoms with E-state index in [4.69, 9.17) is 13.0 Å². The van der Waals surface area contributed by atoms with Crippen molar-refractivity contribution in [1.82, 2.24) is 4.57 Å². The van der Waals surface area contributed by atoms with Crippen LogP contribution in [-0.4, -0.2) is 29.2 Å². The van der Waals surface area contributed by atoms with Gasteiger partial charge in [0.05, 0.1) is 7.05 Å². The minimum Gasteiger partial charge on any atom is -0.741 e. The molecule has 112 valence electrons. The van der Waals surface area contributed by atoms with Crippen LogP contribution in [-0.2, 0) is 23.7 Å². The van der Waals surface area contributed by atoms with E-state index < -0.39 is 28.3 Å².